The van der Waals surface area contributed by atoms with Crippen LogP contribution < -0.4 is 10.6 Å². The first-order valence-corrected chi connectivity index (χ1v) is 4.45. The minimum Gasteiger partial charge on any atom is -0.394 e. The van der Waals surface area contributed by atoms with Gasteiger partial charge in [0.1, 0.15) is 0 Å². The SMILES string of the molecule is COCCNCC(=O)NC(CO)CO. The lowest BCUT2D eigenvalue weighted by Crippen LogP contribution is -2.44. The van der Waals surface area contributed by atoms with E-state index in [-0.39, 0.29) is 25.7 Å². The zero-order chi connectivity index (χ0) is 10.8. The second-order valence-corrected chi connectivity index (χ2v) is 2.80. The summed E-state index contributed by atoms with van der Waals surface area (Å²) in [6.07, 6.45) is 0. The van der Waals surface area contributed by atoms with E-state index in [0.717, 1.165) is 0 Å². The van der Waals surface area contributed by atoms with Crippen LogP contribution in [0.2, 0.25) is 0 Å². The van der Waals surface area contributed by atoms with Crippen molar-refractivity contribution in [3.63, 3.8) is 0 Å². The maximum Gasteiger partial charge on any atom is 0.234 e. The molecule has 0 rings (SSSR count). The lowest BCUT2D eigenvalue weighted by molar-refractivity contribution is -0.121. The first-order chi connectivity index (χ1) is 6.74. The van der Waals surface area contributed by atoms with Gasteiger partial charge in [0.2, 0.25) is 5.91 Å². The first-order valence-electron chi connectivity index (χ1n) is 4.45. The second-order valence-electron chi connectivity index (χ2n) is 2.80. The maximum absolute atomic E-state index is 11.1. The molecular formula is C8H18N2O4. The van der Waals surface area contributed by atoms with Crippen LogP contribution in [0.3, 0.4) is 0 Å². The molecule has 0 aliphatic carbocycles. The lowest BCUT2D eigenvalue weighted by atomic mass is 10.3. The number of carbonyl (C=O) groups is 1. The van der Waals surface area contributed by atoms with Gasteiger partial charge < -0.3 is 25.6 Å². The maximum atomic E-state index is 11.1. The Labute approximate surface area is 83.3 Å². The van der Waals surface area contributed by atoms with Crippen molar-refractivity contribution in [3.05, 3.63) is 0 Å². The Morgan fingerprint density at radius 3 is 2.57 bits per heavy atom. The van der Waals surface area contributed by atoms with E-state index in [0.29, 0.717) is 13.2 Å². The van der Waals surface area contributed by atoms with Crippen LogP contribution >= 0.6 is 0 Å². The number of hydrogen-bond acceptors (Lipinski definition) is 5. The van der Waals surface area contributed by atoms with E-state index < -0.39 is 6.04 Å². The van der Waals surface area contributed by atoms with Crippen molar-refractivity contribution in [2.75, 3.05) is 40.0 Å². The summed E-state index contributed by atoms with van der Waals surface area (Å²) in [5.74, 6) is -0.255. The molecule has 0 aliphatic heterocycles. The summed E-state index contributed by atoms with van der Waals surface area (Å²) in [5.41, 5.74) is 0. The van der Waals surface area contributed by atoms with Gasteiger partial charge in [0.15, 0.2) is 0 Å². The van der Waals surface area contributed by atoms with E-state index in [1.807, 2.05) is 0 Å². The molecule has 0 saturated heterocycles. The number of hydrogen-bond donors (Lipinski definition) is 4. The molecule has 0 saturated carbocycles. The molecule has 0 aromatic carbocycles. The van der Waals surface area contributed by atoms with Gasteiger partial charge in [-0.2, -0.15) is 0 Å². The third kappa shape index (κ3) is 6.79. The van der Waals surface area contributed by atoms with Crippen molar-refractivity contribution in [2.24, 2.45) is 0 Å². The second kappa shape index (κ2) is 8.89. The number of amides is 1. The molecule has 0 bridgehead atoms. The molecule has 0 fully saturated rings. The average molecular weight is 206 g/mol. The van der Waals surface area contributed by atoms with Crippen LogP contribution in [0.4, 0.5) is 0 Å². The van der Waals surface area contributed by atoms with Gasteiger partial charge >= 0.3 is 0 Å². The Kier molecular flexibility index (Phi) is 8.45. The van der Waals surface area contributed by atoms with E-state index in [4.69, 9.17) is 14.9 Å². The van der Waals surface area contributed by atoms with Gasteiger partial charge in [-0.15, -0.1) is 0 Å². The topological polar surface area (TPSA) is 90.8 Å². The Balaban J connectivity index is 3.44. The number of aliphatic hydroxyl groups excluding tert-OH is 2. The number of rotatable bonds is 8. The third-order valence-corrected chi connectivity index (χ3v) is 1.57. The fourth-order valence-corrected chi connectivity index (χ4v) is 0.804. The normalized spacial score (nSPS) is 10.6. The minimum atomic E-state index is -0.577. The summed E-state index contributed by atoms with van der Waals surface area (Å²) < 4.78 is 4.77. The first kappa shape index (κ1) is 13.3. The molecule has 0 aromatic heterocycles. The molecule has 0 aliphatic rings. The van der Waals surface area contributed by atoms with Crippen molar-refractivity contribution >= 4 is 5.91 Å². The molecule has 0 atom stereocenters. The molecule has 1 amide bonds. The van der Waals surface area contributed by atoms with Gasteiger partial charge in [-0.1, -0.05) is 0 Å². The van der Waals surface area contributed by atoms with E-state index in [9.17, 15) is 4.79 Å². The fraction of sp³-hybridized carbons (Fsp3) is 0.875. The molecule has 0 aromatic rings. The highest BCUT2D eigenvalue weighted by Gasteiger charge is 2.08. The zero-order valence-corrected chi connectivity index (χ0v) is 8.32. The molecule has 4 N–H and O–H groups in total. The lowest BCUT2D eigenvalue weighted by Gasteiger charge is -2.13. The minimum absolute atomic E-state index is 0.153. The number of methoxy groups -OCH3 is 1. The number of aliphatic hydroxyl groups is 2. The van der Waals surface area contributed by atoms with Crippen LogP contribution in [0.25, 0.3) is 0 Å². The van der Waals surface area contributed by atoms with E-state index >= 15 is 0 Å². The van der Waals surface area contributed by atoms with Crippen LogP contribution in [-0.4, -0.2) is 62.2 Å². The molecule has 6 heteroatoms. The van der Waals surface area contributed by atoms with Crippen molar-refractivity contribution in [3.8, 4) is 0 Å². The van der Waals surface area contributed by atoms with Gasteiger partial charge in [0.05, 0.1) is 32.4 Å². The smallest absolute Gasteiger partial charge is 0.234 e. The van der Waals surface area contributed by atoms with Crippen LogP contribution in [0, 0.1) is 0 Å². The predicted molar refractivity (Wildman–Crippen MR) is 50.8 cm³/mol. The van der Waals surface area contributed by atoms with Crippen LogP contribution in [-0.2, 0) is 9.53 Å². The highest BCUT2D eigenvalue weighted by atomic mass is 16.5. The molecule has 6 nitrogen and oxygen atoms in total. The summed E-state index contributed by atoms with van der Waals surface area (Å²) in [6, 6.07) is -0.577. The van der Waals surface area contributed by atoms with E-state index in [1.54, 1.807) is 7.11 Å². The third-order valence-electron chi connectivity index (χ3n) is 1.57. The summed E-state index contributed by atoms with van der Waals surface area (Å²) in [5, 5.41) is 22.6. The standard InChI is InChI=1S/C8H18N2O4/c1-14-3-2-9-4-8(13)10-7(5-11)6-12/h7,9,11-12H,2-6H2,1H3,(H,10,13). The Morgan fingerprint density at radius 2 is 2.07 bits per heavy atom. The van der Waals surface area contributed by atoms with Gasteiger partial charge in [-0.3, -0.25) is 4.79 Å². The highest BCUT2D eigenvalue weighted by Crippen LogP contribution is 1.78. The summed E-state index contributed by atoms with van der Waals surface area (Å²) in [4.78, 5) is 11.1. The molecule has 0 heterocycles. The van der Waals surface area contributed by atoms with Crippen LogP contribution in [0.5, 0.6) is 0 Å². The predicted octanol–water partition coefficient (Wildman–Crippen LogP) is -2.31. The zero-order valence-electron chi connectivity index (χ0n) is 8.32. The van der Waals surface area contributed by atoms with Crippen molar-refractivity contribution in [1.82, 2.24) is 10.6 Å². The molecule has 0 unspecified atom stereocenters. The monoisotopic (exact) mass is 206 g/mol. The summed E-state index contributed by atoms with van der Waals surface area (Å²) in [7, 11) is 1.58. The largest absolute Gasteiger partial charge is 0.394 e. The molecule has 84 valence electrons. The summed E-state index contributed by atoms with van der Waals surface area (Å²) >= 11 is 0. The molecule has 14 heavy (non-hydrogen) atoms. The van der Waals surface area contributed by atoms with Gasteiger partial charge in [-0.25, -0.2) is 0 Å². The quantitative estimate of drug-likeness (QED) is 0.335. The Morgan fingerprint density at radius 1 is 1.43 bits per heavy atom. The Bertz CT molecular complexity index is 150. The highest BCUT2D eigenvalue weighted by molar-refractivity contribution is 5.78. The van der Waals surface area contributed by atoms with Crippen molar-refractivity contribution in [1.29, 1.82) is 0 Å². The van der Waals surface area contributed by atoms with E-state index in [1.165, 1.54) is 0 Å². The average Bonchev–Trinajstić information content (AvgIpc) is 2.21. The Hall–Kier alpha value is -0.690. The van der Waals surface area contributed by atoms with Gasteiger partial charge in [0.25, 0.3) is 0 Å². The number of ether oxygens (including phenoxy) is 1. The molecular weight excluding hydrogens is 188 g/mol. The van der Waals surface area contributed by atoms with Gasteiger partial charge in [-0.05, 0) is 0 Å². The van der Waals surface area contributed by atoms with Crippen LogP contribution in [0.15, 0.2) is 0 Å². The van der Waals surface area contributed by atoms with E-state index in [2.05, 4.69) is 10.6 Å². The van der Waals surface area contributed by atoms with Crippen LogP contribution in [0.1, 0.15) is 0 Å². The number of carbonyl (C=O) groups excluding carboxylic acids is 1. The summed E-state index contributed by atoms with van der Waals surface area (Å²) in [6.45, 7) is 0.754. The van der Waals surface area contributed by atoms with Crippen molar-refractivity contribution < 1.29 is 19.7 Å². The number of nitrogens with one attached hydrogen (secondary N) is 2. The molecule has 0 spiro atoms. The molecule has 0 radical (unpaired) electrons. The van der Waals surface area contributed by atoms with Crippen molar-refractivity contribution in [2.45, 2.75) is 6.04 Å². The fourth-order valence-electron chi connectivity index (χ4n) is 0.804. The van der Waals surface area contributed by atoms with Gasteiger partial charge in [0, 0.05) is 13.7 Å².